The number of Topliss-reactive ketones (excluding diaryl/α,β-unsaturated/α-hetero) is 1. The highest BCUT2D eigenvalue weighted by Crippen LogP contribution is 2.41. The van der Waals surface area contributed by atoms with Gasteiger partial charge in [0.15, 0.2) is 21.3 Å². The number of rotatable bonds is 2. The number of carbonyl (C=O) groups is 1. The summed E-state index contributed by atoms with van der Waals surface area (Å²) in [5.41, 5.74) is -1.65. The second kappa shape index (κ2) is 5.58. The smallest absolute Gasteiger partial charge is 0.294 e. The van der Waals surface area contributed by atoms with Crippen molar-refractivity contribution in [3.63, 3.8) is 0 Å². The number of alkyl halides is 3. The summed E-state index contributed by atoms with van der Waals surface area (Å²) in [4.78, 5) is 15.9. The Balaban J connectivity index is 1.91. The van der Waals surface area contributed by atoms with Gasteiger partial charge >= 0.3 is 6.18 Å². The van der Waals surface area contributed by atoms with Crippen molar-refractivity contribution in [2.75, 3.05) is 0 Å². The fourth-order valence-electron chi connectivity index (χ4n) is 3.67. The van der Waals surface area contributed by atoms with Crippen molar-refractivity contribution in [2.24, 2.45) is 5.92 Å². The molecule has 126 valence electrons. The predicted molar refractivity (Wildman–Crippen MR) is 76.6 cm³/mol. The molecule has 1 aromatic heterocycles. The Morgan fingerprint density at radius 1 is 1.17 bits per heavy atom. The third-order valence-electron chi connectivity index (χ3n) is 4.79. The van der Waals surface area contributed by atoms with Crippen LogP contribution in [0.15, 0.2) is 18.3 Å². The van der Waals surface area contributed by atoms with Crippen LogP contribution in [-0.2, 0) is 16.0 Å². The van der Waals surface area contributed by atoms with E-state index >= 15 is 0 Å². The molecule has 2 unspecified atom stereocenters. The van der Waals surface area contributed by atoms with Gasteiger partial charge in [-0.2, -0.15) is 13.2 Å². The molecule has 3 rings (SSSR count). The summed E-state index contributed by atoms with van der Waals surface area (Å²) in [6.07, 6.45) is -1.71. The lowest BCUT2D eigenvalue weighted by atomic mass is 9.84. The van der Waals surface area contributed by atoms with Crippen molar-refractivity contribution in [1.82, 2.24) is 4.98 Å². The Morgan fingerprint density at radius 2 is 1.78 bits per heavy atom. The Bertz CT molecular complexity index is 710. The van der Waals surface area contributed by atoms with Crippen LogP contribution in [0.4, 0.5) is 13.2 Å². The molecule has 2 aliphatic rings. The third kappa shape index (κ3) is 2.88. The molecule has 0 aliphatic carbocycles. The van der Waals surface area contributed by atoms with Crippen LogP contribution < -0.4 is 0 Å². The lowest BCUT2D eigenvalue weighted by Crippen LogP contribution is -2.45. The second-order valence-corrected chi connectivity index (χ2v) is 8.71. The van der Waals surface area contributed by atoms with E-state index in [1.807, 2.05) is 0 Å². The van der Waals surface area contributed by atoms with Gasteiger partial charge in [-0.1, -0.05) is 6.42 Å². The Kier molecular flexibility index (Phi) is 3.98. The maximum atomic E-state index is 13.0. The molecule has 0 aromatic carbocycles. The largest absolute Gasteiger partial charge is 0.434 e. The zero-order valence-corrected chi connectivity index (χ0v) is 13.0. The maximum absolute atomic E-state index is 13.0. The average Bonchev–Trinajstić information content (AvgIpc) is 2.44. The topological polar surface area (TPSA) is 64.1 Å². The van der Waals surface area contributed by atoms with Crippen LogP contribution in [-0.4, -0.2) is 29.7 Å². The lowest BCUT2D eigenvalue weighted by molar-refractivity contribution is -0.141. The summed E-state index contributed by atoms with van der Waals surface area (Å²) in [7, 11) is -3.24. The van der Waals surface area contributed by atoms with Crippen molar-refractivity contribution >= 4 is 15.6 Å². The molecule has 2 aliphatic heterocycles. The van der Waals surface area contributed by atoms with Crippen molar-refractivity contribution < 1.29 is 26.4 Å². The molecule has 0 spiro atoms. The van der Waals surface area contributed by atoms with Crippen LogP contribution in [0.5, 0.6) is 0 Å². The van der Waals surface area contributed by atoms with E-state index in [-0.39, 0.29) is 12.8 Å². The second-order valence-electron chi connectivity index (χ2n) is 6.19. The highest BCUT2D eigenvalue weighted by molar-refractivity contribution is 7.92. The molecule has 8 heteroatoms. The van der Waals surface area contributed by atoms with Crippen LogP contribution in [0.3, 0.4) is 0 Å². The van der Waals surface area contributed by atoms with Gasteiger partial charge in [-0.25, -0.2) is 8.42 Å². The van der Waals surface area contributed by atoms with E-state index in [0.717, 1.165) is 18.7 Å². The fourth-order valence-corrected chi connectivity index (χ4v) is 6.21. The van der Waals surface area contributed by atoms with Crippen LogP contribution in [0.1, 0.15) is 48.2 Å². The number of sulfone groups is 1. The SMILES string of the molecule is O=C(c1cccnc1C(F)(F)F)C1CC2CCCC(C1)S2(=O)=O. The zero-order valence-electron chi connectivity index (χ0n) is 12.2. The summed E-state index contributed by atoms with van der Waals surface area (Å²) in [5, 5.41) is -1.20. The highest BCUT2D eigenvalue weighted by atomic mass is 32.2. The summed E-state index contributed by atoms with van der Waals surface area (Å²) >= 11 is 0. The fraction of sp³-hybridized carbons (Fsp3) is 0.600. The number of hydrogen-bond donors (Lipinski definition) is 0. The van der Waals surface area contributed by atoms with Gasteiger partial charge in [0.25, 0.3) is 0 Å². The Hall–Kier alpha value is -1.44. The standard InChI is InChI=1S/C15H16F3NO3S/c16-15(17,18)14-12(5-2-6-19-14)13(20)9-7-10-3-1-4-11(8-9)23(10,21)22/h2,5-6,9-11H,1,3-4,7-8H2. The molecule has 2 bridgehead atoms. The zero-order chi connectivity index (χ0) is 16.8. The van der Waals surface area contributed by atoms with Crippen molar-refractivity contribution in [3.05, 3.63) is 29.6 Å². The van der Waals surface area contributed by atoms with E-state index in [2.05, 4.69) is 4.98 Å². The van der Waals surface area contributed by atoms with Crippen molar-refractivity contribution in [2.45, 2.75) is 48.8 Å². The first-order valence-electron chi connectivity index (χ1n) is 7.50. The molecule has 23 heavy (non-hydrogen) atoms. The number of ketones is 1. The highest BCUT2D eigenvalue weighted by Gasteiger charge is 2.47. The molecule has 0 saturated carbocycles. The number of carbonyl (C=O) groups excluding carboxylic acids is 1. The number of nitrogens with zero attached hydrogens (tertiary/aromatic N) is 1. The molecule has 2 atom stereocenters. The minimum absolute atomic E-state index is 0.115. The number of fused-ring (bicyclic) bond motifs is 2. The molecule has 1 aromatic rings. The van der Waals surface area contributed by atoms with Gasteiger partial charge in [-0.15, -0.1) is 0 Å². The van der Waals surface area contributed by atoms with Gasteiger partial charge in [0.05, 0.1) is 10.5 Å². The van der Waals surface area contributed by atoms with Crippen molar-refractivity contribution in [3.8, 4) is 0 Å². The molecule has 0 radical (unpaired) electrons. The first kappa shape index (κ1) is 16.4. The van der Waals surface area contributed by atoms with Crippen LogP contribution in [0.25, 0.3) is 0 Å². The van der Waals surface area contributed by atoms with Gasteiger partial charge < -0.3 is 0 Å². The van der Waals surface area contributed by atoms with Gasteiger partial charge in [0.2, 0.25) is 0 Å². The summed E-state index contributed by atoms with van der Waals surface area (Å²) in [5.74, 6) is -1.32. The van der Waals surface area contributed by atoms with E-state index in [0.29, 0.717) is 12.8 Å². The number of halogens is 3. The molecular formula is C15H16F3NO3S. The number of pyridine rings is 1. The first-order valence-corrected chi connectivity index (χ1v) is 9.11. The number of aromatic nitrogens is 1. The summed E-state index contributed by atoms with van der Waals surface area (Å²) in [6, 6.07) is 2.42. The van der Waals surface area contributed by atoms with E-state index in [1.165, 1.54) is 6.07 Å². The van der Waals surface area contributed by atoms with Crippen molar-refractivity contribution in [1.29, 1.82) is 0 Å². The monoisotopic (exact) mass is 347 g/mol. The van der Waals surface area contributed by atoms with Gasteiger partial charge in [0.1, 0.15) is 0 Å². The molecule has 2 fully saturated rings. The van der Waals surface area contributed by atoms with Gasteiger partial charge in [0, 0.05) is 17.7 Å². The minimum Gasteiger partial charge on any atom is -0.294 e. The molecule has 4 nitrogen and oxygen atoms in total. The number of hydrogen-bond acceptors (Lipinski definition) is 4. The van der Waals surface area contributed by atoms with Gasteiger partial charge in [-0.3, -0.25) is 9.78 Å². The summed E-state index contributed by atoms with van der Waals surface area (Å²) in [6.45, 7) is 0. The molecule has 3 heterocycles. The average molecular weight is 347 g/mol. The van der Waals surface area contributed by atoms with E-state index < -0.39 is 49.5 Å². The summed E-state index contributed by atoms with van der Waals surface area (Å²) < 4.78 is 63.5. The lowest BCUT2D eigenvalue weighted by Gasteiger charge is -2.38. The quantitative estimate of drug-likeness (QED) is 0.772. The molecule has 0 amide bonds. The first-order chi connectivity index (χ1) is 10.7. The Morgan fingerprint density at radius 3 is 2.35 bits per heavy atom. The molecule has 0 N–H and O–H groups in total. The minimum atomic E-state index is -4.71. The van der Waals surface area contributed by atoms with E-state index in [1.54, 1.807) is 0 Å². The predicted octanol–water partition coefficient (Wildman–Crippen LogP) is 3.03. The third-order valence-corrected chi connectivity index (χ3v) is 7.50. The maximum Gasteiger partial charge on any atom is 0.434 e. The van der Waals surface area contributed by atoms with Crippen LogP contribution in [0, 0.1) is 5.92 Å². The van der Waals surface area contributed by atoms with Crippen LogP contribution >= 0.6 is 0 Å². The Labute approximate surface area is 132 Å². The van der Waals surface area contributed by atoms with E-state index in [9.17, 15) is 26.4 Å². The van der Waals surface area contributed by atoms with Gasteiger partial charge in [-0.05, 0) is 37.8 Å². The van der Waals surface area contributed by atoms with E-state index in [4.69, 9.17) is 0 Å². The molecule has 2 saturated heterocycles. The molecular weight excluding hydrogens is 331 g/mol. The normalized spacial score (nSPS) is 30.0. The van der Waals surface area contributed by atoms with Crippen LogP contribution in [0.2, 0.25) is 0 Å².